The highest BCUT2D eigenvalue weighted by Gasteiger charge is 1.99. The van der Waals surface area contributed by atoms with Crippen molar-refractivity contribution < 1.29 is 0 Å². The van der Waals surface area contributed by atoms with Crippen LogP contribution in [-0.2, 0) is 0 Å². The van der Waals surface area contributed by atoms with Crippen molar-refractivity contribution >= 4 is 23.5 Å². The Morgan fingerprint density at radius 3 is 2.00 bits per heavy atom. The molecule has 0 N–H and O–H groups in total. The Bertz CT molecular complexity index is 41.8. The predicted octanol–water partition coefficient (Wildman–Crippen LogP) is 2.65. The molecule has 0 aromatic heterocycles. The lowest BCUT2D eigenvalue weighted by Gasteiger charge is -2.07. The number of rotatable bonds is 4. The van der Waals surface area contributed by atoms with Crippen LogP contribution < -0.4 is 0 Å². The third-order valence-corrected chi connectivity index (χ3v) is 3.64. The van der Waals surface area contributed by atoms with E-state index in [1.54, 1.807) is 0 Å². The molecule has 2 heteroatoms. The summed E-state index contributed by atoms with van der Waals surface area (Å²) in [5, 5.41) is 0. The molecular formula is C6H13S2. The molecule has 0 aliphatic heterocycles. The van der Waals surface area contributed by atoms with E-state index in [1.807, 2.05) is 23.5 Å². The zero-order valence-corrected chi connectivity index (χ0v) is 7.15. The minimum atomic E-state index is 0.771. The summed E-state index contributed by atoms with van der Waals surface area (Å²) in [4.78, 5) is 0. The van der Waals surface area contributed by atoms with Gasteiger partial charge in [-0.2, -0.15) is 23.5 Å². The van der Waals surface area contributed by atoms with Gasteiger partial charge in [0.2, 0.25) is 0 Å². The van der Waals surface area contributed by atoms with Crippen molar-refractivity contribution in [2.75, 3.05) is 12.5 Å². The van der Waals surface area contributed by atoms with Gasteiger partial charge in [-0.05, 0) is 18.9 Å². The lowest BCUT2D eigenvalue weighted by molar-refractivity contribution is 0.938. The average molecular weight is 149 g/mol. The summed E-state index contributed by atoms with van der Waals surface area (Å²) in [5.74, 6) is 0. The molecule has 0 aliphatic carbocycles. The molecule has 0 aromatic rings. The molecule has 0 rings (SSSR count). The van der Waals surface area contributed by atoms with Crippen molar-refractivity contribution in [1.29, 1.82) is 0 Å². The van der Waals surface area contributed by atoms with Crippen LogP contribution in [0.1, 0.15) is 12.8 Å². The van der Waals surface area contributed by atoms with Crippen LogP contribution in [-0.4, -0.2) is 17.1 Å². The van der Waals surface area contributed by atoms with E-state index < -0.39 is 0 Å². The first kappa shape index (κ1) is 8.70. The highest BCUT2D eigenvalue weighted by molar-refractivity contribution is 8.16. The van der Waals surface area contributed by atoms with Crippen LogP contribution in [0.3, 0.4) is 0 Å². The Hall–Kier alpha value is 0.700. The summed E-state index contributed by atoms with van der Waals surface area (Å²) in [6.45, 7) is 3.79. The van der Waals surface area contributed by atoms with Gasteiger partial charge < -0.3 is 0 Å². The maximum absolute atomic E-state index is 3.79. The standard InChI is InChI=1S/C6H13S2/c1-4-5-6(7-2)8-3/h6H,1,4-5H2,2-3H3. The van der Waals surface area contributed by atoms with E-state index in [2.05, 4.69) is 19.4 Å². The molecule has 0 unspecified atom stereocenters. The van der Waals surface area contributed by atoms with Crippen molar-refractivity contribution in [3.05, 3.63) is 6.92 Å². The highest BCUT2D eigenvalue weighted by atomic mass is 32.2. The minimum Gasteiger partial charge on any atom is -0.151 e. The van der Waals surface area contributed by atoms with E-state index in [9.17, 15) is 0 Å². The Labute approximate surface area is 60.8 Å². The van der Waals surface area contributed by atoms with E-state index in [0.29, 0.717) is 0 Å². The Balaban J connectivity index is 3.07. The summed E-state index contributed by atoms with van der Waals surface area (Å²) < 4.78 is 0.771. The molecule has 0 aliphatic rings. The van der Waals surface area contributed by atoms with Gasteiger partial charge in [0.25, 0.3) is 0 Å². The van der Waals surface area contributed by atoms with E-state index in [1.165, 1.54) is 6.42 Å². The fourth-order valence-electron chi connectivity index (χ4n) is 0.499. The quantitative estimate of drug-likeness (QED) is 0.564. The fraction of sp³-hybridized carbons (Fsp3) is 0.833. The molecule has 0 atom stereocenters. The van der Waals surface area contributed by atoms with E-state index >= 15 is 0 Å². The summed E-state index contributed by atoms with van der Waals surface area (Å²) in [6, 6.07) is 0. The molecule has 0 saturated heterocycles. The van der Waals surface area contributed by atoms with E-state index in [4.69, 9.17) is 0 Å². The first-order valence-electron chi connectivity index (χ1n) is 2.70. The van der Waals surface area contributed by atoms with Gasteiger partial charge in [0.15, 0.2) is 0 Å². The third kappa shape index (κ3) is 3.67. The van der Waals surface area contributed by atoms with Crippen LogP contribution in [0.15, 0.2) is 0 Å². The lowest BCUT2D eigenvalue weighted by atomic mass is 10.4. The number of thioether (sulfide) groups is 2. The second-order valence-electron chi connectivity index (χ2n) is 1.54. The zero-order chi connectivity index (χ0) is 6.41. The smallest absolute Gasteiger partial charge is 0.0496 e. The van der Waals surface area contributed by atoms with Gasteiger partial charge in [0, 0.05) is 4.58 Å². The van der Waals surface area contributed by atoms with E-state index in [-0.39, 0.29) is 0 Å². The zero-order valence-electron chi connectivity index (χ0n) is 5.52. The van der Waals surface area contributed by atoms with Crippen molar-refractivity contribution in [2.45, 2.75) is 17.4 Å². The van der Waals surface area contributed by atoms with Crippen molar-refractivity contribution in [3.63, 3.8) is 0 Å². The van der Waals surface area contributed by atoms with Crippen molar-refractivity contribution in [2.24, 2.45) is 0 Å². The maximum Gasteiger partial charge on any atom is 0.0496 e. The molecular weight excluding hydrogens is 136 g/mol. The van der Waals surface area contributed by atoms with Crippen LogP contribution in [0, 0.1) is 6.92 Å². The summed E-state index contributed by atoms with van der Waals surface area (Å²) in [5.41, 5.74) is 0. The summed E-state index contributed by atoms with van der Waals surface area (Å²) in [7, 11) is 0. The second-order valence-corrected chi connectivity index (χ2v) is 3.92. The third-order valence-electron chi connectivity index (χ3n) is 0.966. The highest BCUT2D eigenvalue weighted by Crippen LogP contribution is 2.22. The Kier molecular flexibility index (Phi) is 6.34. The van der Waals surface area contributed by atoms with Gasteiger partial charge in [0.05, 0.1) is 0 Å². The van der Waals surface area contributed by atoms with Crippen LogP contribution in [0.5, 0.6) is 0 Å². The molecule has 0 spiro atoms. The molecule has 0 aromatic carbocycles. The van der Waals surface area contributed by atoms with Gasteiger partial charge in [-0.1, -0.05) is 13.3 Å². The van der Waals surface area contributed by atoms with Crippen LogP contribution in [0.2, 0.25) is 0 Å². The van der Waals surface area contributed by atoms with Crippen LogP contribution in [0.4, 0.5) is 0 Å². The first-order chi connectivity index (χ1) is 3.85. The van der Waals surface area contributed by atoms with E-state index in [0.717, 1.165) is 11.0 Å². The van der Waals surface area contributed by atoms with Crippen LogP contribution in [0.25, 0.3) is 0 Å². The van der Waals surface area contributed by atoms with Crippen molar-refractivity contribution in [1.82, 2.24) is 0 Å². The fourth-order valence-corrected chi connectivity index (χ4v) is 2.07. The van der Waals surface area contributed by atoms with Gasteiger partial charge in [-0.3, -0.25) is 0 Å². The van der Waals surface area contributed by atoms with Gasteiger partial charge >= 0.3 is 0 Å². The molecule has 0 fully saturated rings. The topological polar surface area (TPSA) is 0 Å². The largest absolute Gasteiger partial charge is 0.151 e. The monoisotopic (exact) mass is 149 g/mol. The summed E-state index contributed by atoms with van der Waals surface area (Å²) >= 11 is 3.83. The van der Waals surface area contributed by atoms with Gasteiger partial charge in [-0.25, -0.2) is 0 Å². The second kappa shape index (κ2) is 5.83. The van der Waals surface area contributed by atoms with Crippen molar-refractivity contribution in [3.8, 4) is 0 Å². The molecule has 0 bridgehead atoms. The number of hydrogen-bond donors (Lipinski definition) is 0. The predicted molar refractivity (Wildman–Crippen MR) is 45.4 cm³/mol. The number of hydrogen-bond acceptors (Lipinski definition) is 2. The Morgan fingerprint density at radius 2 is 1.88 bits per heavy atom. The minimum absolute atomic E-state index is 0.771. The molecule has 1 radical (unpaired) electrons. The Morgan fingerprint density at radius 1 is 1.38 bits per heavy atom. The molecule has 0 saturated carbocycles. The molecule has 8 heavy (non-hydrogen) atoms. The first-order valence-corrected chi connectivity index (χ1v) is 5.27. The maximum atomic E-state index is 3.79. The SMILES string of the molecule is [CH2]CCC(SC)SC. The average Bonchev–Trinajstić information content (AvgIpc) is 1.83. The normalized spacial score (nSPS) is 10.5. The molecule has 0 nitrogen and oxygen atoms in total. The lowest BCUT2D eigenvalue weighted by Crippen LogP contribution is -1.92. The molecule has 0 amide bonds. The summed E-state index contributed by atoms with van der Waals surface area (Å²) in [6.07, 6.45) is 6.60. The molecule has 0 heterocycles. The van der Waals surface area contributed by atoms with Gasteiger partial charge in [0.1, 0.15) is 0 Å². The van der Waals surface area contributed by atoms with Gasteiger partial charge in [-0.15, -0.1) is 0 Å². The van der Waals surface area contributed by atoms with Crippen LogP contribution >= 0.6 is 23.5 Å². The molecule has 49 valence electrons.